The molecule has 1 aliphatic heterocycles. The molecule has 0 saturated carbocycles. The van der Waals surface area contributed by atoms with Crippen LogP contribution in [0.1, 0.15) is 43.1 Å². The summed E-state index contributed by atoms with van der Waals surface area (Å²) in [5.41, 5.74) is -1.05. The highest BCUT2D eigenvalue weighted by Crippen LogP contribution is 2.37. The number of hydrogen-bond donors (Lipinski definition) is 1. The topological polar surface area (TPSA) is 135 Å². The van der Waals surface area contributed by atoms with Gasteiger partial charge >= 0.3 is 11.7 Å². The Labute approximate surface area is 227 Å². The number of aliphatic carboxylic acids is 1. The molecule has 0 radical (unpaired) electrons. The summed E-state index contributed by atoms with van der Waals surface area (Å²) in [5, 5.41) is 10.2. The van der Waals surface area contributed by atoms with Crippen molar-refractivity contribution in [1.29, 1.82) is 0 Å². The zero-order valence-corrected chi connectivity index (χ0v) is 22.8. The van der Waals surface area contributed by atoms with E-state index in [2.05, 4.69) is 4.98 Å². The summed E-state index contributed by atoms with van der Waals surface area (Å²) in [6.07, 6.45) is 2.51. The molecule has 0 bridgehead atoms. The van der Waals surface area contributed by atoms with Crippen molar-refractivity contribution >= 4 is 27.5 Å². The van der Waals surface area contributed by atoms with E-state index in [0.29, 0.717) is 40.8 Å². The van der Waals surface area contributed by atoms with Crippen molar-refractivity contribution < 1.29 is 28.5 Å². The Hall–Kier alpha value is -3.58. The average molecular weight is 556 g/mol. The van der Waals surface area contributed by atoms with Gasteiger partial charge in [-0.2, -0.15) is 0 Å². The van der Waals surface area contributed by atoms with Gasteiger partial charge in [-0.1, -0.05) is 24.3 Å². The van der Waals surface area contributed by atoms with Gasteiger partial charge < -0.3 is 23.7 Å². The third-order valence-corrected chi connectivity index (χ3v) is 8.25. The Bertz CT molecular complexity index is 1630. The highest BCUT2D eigenvalue weighted by atomic mass is 32.1. The number of carboxylic acid groups (broad SMARTS) is 1. The van der Waals surface area contributed by atoms with Crippen molar-refractivity contribution in [2.45, 2.75) is 58.3 Å². The van der Waals surface area contributed by atoms with E-state index in [-0.39, 0.29) is 11.9 Å². The van der Waals surface area contributed by atoms with Crippen LogP contribution in [0, 0.1) is 6.92 Å². The van der Waals surface area contributed by atoms with Crippen molar-refractivity contribution in [2.24, 2.45) is 0 Å². The largest absolute Gasteiger partial charge is 0.480 e. The highest BCUT2D eigenvalue weighted by Gasteiger charge is 2.36. The van der Waals surface area contributed by atoms with Gasteiger partial charge in [-0.15, -0.1) is 11.3 Å². The number of carbonyl (C=O) groups is 1. The molecule has 4 heterocycles. The minimum atomic E-state index is -1.82. The highest BCUT2D eigenvalue weighted by molar-refractivity contribution is 7.22. The molecule has 5 rings (SSSR count). The third kappa shape index (κ3) is 4.73. The SMILES string of the molecule is COCc1ccccc1[C@H](Cn1c(=O)n(C(C)(C)C(=O)O)c(=O)c2c(C)c(-c3ncco3)sc21)OC1CCO1. The summed E-state index contributed by atoms with van der Waals surface area (Å²) < 4.78 is 25.0. The lowest BCUT2D eigenvalue weighted by Gasteiger charge is -2.32. The number of nitrogens with zero attached hydrogens (tertiary/aromatic N) is 3. The maximum absolute atomic E-state index is 14.0. The number of thiophene rings is 1. The van der Waals surface area contributed by atoms with Crippen LogP contribution in [-0.2, 0) is 37.7 Å². The number of aryl methyl sites for hydroxylation is 1. The lowest BCUT2D eigenvalue weighted by atomic mass is 10.0. The van der Waals surface area contributed by atoms with Crippen molar-refractivity contribution in [1.82, 2.24) is 14.1 Å². The van der Waals surface area contributed by atoms with Crippen LogP contribution in [0.2, 0.25) is 0 Å². The maximum atomic E-state index is 14.0. The summed E-state index contributed by atoms with van der Waals surface area (Å²) >= 11 is 1.19. The number of aromatic nitrogens is 3. The van der Waals surface area contributed by atoms with E-state index >= 15 is 0 Å². The summed E-state index contributed by atoms with van der Waals surface area (Å²) in [6, 6.07) is 7.57. The Morgan fingerprint density at radius 3 is 2.67 bits per heavy atom. The van der Waals surface area contributed by atoms with Gasteiger partial charge in [-0.3, -0.25) is 9.36 Å². The first kappa shape index (κ1) is 27.0. The van der Waals surface area contributed by atoms with Crippen LogP contribution < -0.4 is 11.2 Å². The van der Waals surface area contributed by atoms with E-state index in [1.54, 1.807) is 14.0 Å². The van der Waals surface area contributed by atoms with Gasteiger partial charge in [0, 0.05) is 13.5 Å². The first-order valence-corrected chi connectivity index (χ1v) is 13.2. The Morgan fingerprint density at radius 2 is 2.05 bits per heavy atom. The monoisotopic (exact) mass is 555 g/mol. The average Bonchev–Trinajstić information content (AvgIpc) is 3.51. The second kappa shape index (κ2) is 10.5. The van der Waals surface area contributed by atoms with Crippen LogP contribution in [0.3, 0.4) is 0 Å². The molecule has 1 aromatic carbocycles. The minimum absolute atomic E-state index is 0.00310. The van der Waals surface area contributed by atoms with E-state index in [1.807, 2.05) is 24.3 Å². The van der Waals surface area contributed by atoms with Crippen molar-refractivity contribution in [3.63, 3.8) is 0 Å². The Kier molecular flexibility index (Phi) is 7.29. The fourth-order valence-electron chi connectivity index (χ4n) is 4.66. The van der Waals surface area contributed by atoms with Gasteiger partial charge in [0.1, 0.15) is 22.7 Å². The zero-order valence-electron chi connectivity index (χ0n) is 22.0. The quantitative estimate of drug-likeness (QED) is 0.311. The van der Waals surface area contributed by atoms with Gasteiger partial charge in [-0.25, -0.2) is 19.1 Å². The molecule has 1 saturated heterocycles. The molecule has 2 atom stereocenters. The van der Waals surface area contributed by atoms with E-state index in [9.17, 15) is 19.5 Å². The van der Waals surface area contributed by atoms with E-state index < -0.39 is 35.2 Å². The molecule has 3 aromatic heterocycles. The van der Waals surface area contributed by atoms with Gasteiger partial charge in [-0.05, 0) is 37.5 Å². The molecule has 206 valence electrons. The van der Waals surface area contributed by atoms with Crippen molar-refractivity contribution in [2.75, 3.05) is 13.7 Å². The molecule has 1 unspecified atom stereocenters. The lowest BCUT2D eigenvalue weighted by molar-refractivity contribution is -0.239. The fraction of sp³-hybridized carbons (Fsp3) is 0.407. The second-order valence-electron chi connectivity index (χ2n) is 9.82. The fourth-order valence-corrected chi connectivity index (χ4v) is 5.90. The first-order chi connectivity index (χ1) is 18.6. The predicted octanol–water partition coefficient (Wildman–Crippen LogP) is 3.66. The number of hydrogen-bond acceptors (Lipinski definition) is 9. The number of fused-ring (bicyclic) bond motifs is 1. The number of rotatable bonds is 10. The normalized spacial score (nSPS) is 16.4. The number of methoxy groups -OCH3 is 1. The number of benzene rings is 1. The van der Waals surface area contributed by atoms with E-state index in [4.69, 9.17) is 18.6 Å². The van der Waals surface area contributed by atoms with Gasteiger partial charge in [0.15, 0.2) is 6.29 Å². The molecule has 0 amide bonds. The van der Waals surface area contributed by atoms with Crippen molar-refractivity contribution in [3.05, 3.63) is 74.3 Å². The van der Waals surface area contributed by atoms with Crippen LogP contribution >= 0.6 is 11.3 Å². The van der Waals surface area contributed by atoms with Crippen LogP contribution in [0.4, 0.5) is 0 Å². The molecule has 39 heavy (non-hydrogen) atoms. The molecule has 1 N–H and O–H groups in total. The number of oxazole rings is 1. The third-order valence-electron chi connectivity index (χ3n) is 6.95. The molecular weight excluding hydrogens is 526 g/mol. The standard InChI is InChI=1S/C27H29N3O8S/c1-15-20-23(31)30(27(2,3)25(32)33)26(34)29(24(20)39-21(15)22-28-10-12-37-22)13-18(38-19-9-11-36-19)17-8-6-5-7-16(17)14-35-4/h5-8,10,12,18-19H,9,11,13-14H2,1-4H3,(H,32,33)/t18-,19?/m0/s1. The summed E-state index contributed by atoms with van der Waals surface area (Å²) in [7, 11) is 1.60. The van der Waals surface area contributed by atoms with Gasteiger partial charge in [0.2, 0.25) is 5.89 Å². The van der Waals surface area contributed by atoms with E-state index in [1.165, 1.54) is 42.2 Å². The van der Waals surface area contributed by atoms with Gasteiger partial charge in [0.25, 0.3) is 5.56 Å². The molecule has 1 fully saturated rings. The van der Waals surface area contributed by atoms with Crippen LogP contribution in [0.15, 0.2) is 50.7 Å². The van der Waals surface area contributed by atoms with Crippen LogP contribution in [-0.4, -0.2) is 45.2 Å². The molecule has 0 aliphatic carbocycles. The van der Waals surface area contributed by atoms with Gasteiger partial charge in [0.05, 0.1) is 36.2 Å². The molecule has 12 heteroatoms. The zero-order chi connectivity index (χ0) is 27.9. The van der Waals surface area contributed by atoms with Crippen LogP contribution in [0.25, 0.3) is 21.0 Å². The molecule has 1 aliphatic rings. The summed E-state index contributed by atoms with van der Waals surface area (Å²) in [5.74, 6) is -1.01. The molecule has 4 aromatic rings. The second-order valence-corrected chi connectivity index (χ2v) is 10.8. The molecule has 11 nitrogen and oxygen atoms in total. The Balaban J connectivity index is 1.77. The minimum Gasteiger partial charge on any atom is -0.480 e. The smallest absolute Gasteiger partial charge is 0.333 e. The number of carboxylic acids is 1. The molecular formula is C27H29N3O8S. The van der Waals surface area contributed by atoms with E-state index in [0.717, 1.165) is 15.7 Å². The molecule has 0 spiro atoms. The number of ether oxygens (including phenoxy) is 3. The lowest BCUT2D eigenvalue weighted by Crippen LogP contribution is -2.52. The maximum Gasteiger partial charge on any atom is 0.333 e. The predicted molar refractivity (Wildman–Crippen MR) is 143 cm³/mol. The Morgan fingerprint density at radius 1 is 1.31 bits per heavy atom. The van der Waals surface area contributed by atoms with Crippen molar-refractivity contribution in [3.8, 4) is 10.8 Å². The summed E-state index contributed by atoms with van der Waals surface area (Å²) in [4.78, 5) is 45.2. The van der Waals surface area contributed by atoms with Crippen LogP contribution in [0.5, 0.6) is 0 Å². The summed E-state index contributed by atoms with van der Waals surface area (Å²) in [6.45, 7) is 5.28. The first-order valence-electron chi connectivity index (χ1n) is 12.4.